The van der Waals surface area contributed by atoms with Crippen LogP contribution in [0.15, 0.2) is 0 Å². The van der Waals surface area contributed by atoms with E-state index in [-0.39, 0.29) is 6.10 Å². The van der Waals surface area contributed by atoms with Crippen LogP contribution in [0.2, 0.25) is 0 Å². The lowest BCUT2D eigenvalue weighted by Crippen LogP contribution is -2.35. The molecule has 2 atom stereocenters. The Morgan fingerprint density at radius 3 is 2.62 bits per heavy atom. The SMILES string of the molecule is CC(C)[C@H]1C[C@@H](O)CN1CC1CC1. The quantitative estimate of drug-likeness (QED) is 0.716. The summed E-state index contributed by atoms with van der Waals surface area (Å²) in [5, 5.41) is 9.61. The molecule has 0 bridgehead atoms. The summed E-state index contributed by atoms with van der Waals surface area (Å²) in [5.74, 6) is 1.64. The van der Waals surface area contributed by atoms with Crippen LogP contribution in [0.3, 0.4) is 0 Å². The van der Waals surface area contributed by atoms with E-state index >= 15 is 0 Å². The molecule has 1 aliphatic heterocycles. The van der Waals surface area contributed by atoms with Crippen LogP contribution in [0, 0.1) is 11.8 Å². The molecule has 1 saturated heterocycles. The van der Waals surface area contributed by atoms with Gasteiger partial charge in [0.25, 0.3) is 0 Å². The first kappa shape index (κ1) is 9.47. The van der Waals surface area contributed by atoms with Crippen molar-refractivity contribution in [2.24, 2.45) is 11.8 Å². The molecule has 13 heavy (non-hydrogen) atoms. The van der Waals surface area contributed by atoms with E-state index in [1.807, 2.05) is 0 Å². The van der Waals surface area contributed by atoms with Gasteiger partial charge in [-0.1, -0.05) is 13.8 Å². The van der Waals surface area contributed by atoms with E-state index in [1.54, 1.807) is 0 Å². The average molecular weight is 183 g/mol. The molecule has 1 N–H and O–H groups in total. The third-order valence-electron chi connectivity index (χ3n) is 3.39. The maximum atomic E-state index is 9.61. The Kier molecular flexibility index (Phi) is 2.61. The van der Waals surface area contributed by atoms with Crippen LogP contribution in [0.25, 0.3) is 0 Å². The van der Waals surface area contributed by atoms with Crippen molar-refractivity contribution in [3.8, 4) is 0 Å². The predicted molar refractivity (Wildman–Crippen MR) is 53.5 cm³/mol. The molecular formula is C11H21NO. The monoisotopic (exact) mass is 183 g/mol. The summed E-state index contributed by atoms with van der Waals surface area (Å²) in [6.07, 6.45) is 3.75. The normalized spacial score (nSPS) is 36.0. The predicted octanol–water partition coefficient (Wildman–Crippen LogP) is 1.49. The molecular weight excluding hydrogens is 162 g/mol. The number of β-amino-alcohol motifs (C(OH)–C–C–N with tert-alkyl or cyclic N) is 1. The maximum absolute atomic E-state index is 9.61. The van der Waals surface area contributed by atoms with Gasteiger partial charge in [0.15, 0.2) is 0 Å². The third-order valence-corrected chi connectivity index (χ3v) is 3.39. The third kappa shape index (κ3) is 2.23. The van der Waals surface area contributed by atoms with Crippen molar-refractivity contribution < 1.29 is 5.11 Å². The second-order valence-corrected chi connectivity index (χ2v) is 5.10. The van der Waals surface area contributed by atoms with Crippen molar-refractivity contribution in [2.75, 3.05) is 13.1 Å². The van der Waals surface area contributed by atoms with Crippen molar-refractivity contribution in [1.82, 2.24) is 4.90 Å². The standard InChI is InChI=1S/C11H21NO/c1-8(2)11-5-10(13)7-12(11)6-9-3-4-9/h8-11,13H,3-7H2,1-2H3/t10-,11-/m1/s1. The van der Waals surface area contributed by atoms with Gasteiger partial charge in [-0.05, 0) is 31.1 Å². The Morgan fingerprint density at radius 2 is 2.08 bits per heavy atom. The van der Waals surface area contributed by atoms with Crippen LogP contribution in [-0.2, 0) is 0 Å². The van der Waals surface area contributed by atoms with Gasteiger partial charge in [0, 0.05) is 19.1 Å². The highest BCUT2D eigenvalue weighted by molar-refractivity contribution is 4.90. The van der Waals surface area contributed by atoms with Gasteiger partial charge in [-0.2, -0.15) is 0 Å². The van der Waals surface area contributed by atoms with E-state index in [4.69, 9.17) is 0 Å². The molecule has 1 saturated carbocycles. The molecule has 2 rings (SSSR count). The number of likely N-dealkylation sites (tertiary alicyclic amines) is 1. The van der Waals surface area contributed by atoms with Crippen LogP contribution < -0.4 is 0 Å². The zero-order chi connectivity index (χ0) is 9.42. The first-order chi connectivity index (χ1) is 6.16. The Hall–Kier alpha value is -0.0800. The van der Waals surface area contributed by atoms with Crippen LogP contribution in [-0.4, -0.2) is 35.2 Å². The van der Waals surface area contributed by atoms with E-state index in [2.05, 4.69) is 18.7 Å². The van der Waals surface area contributed by atoms with Crippen LogP contribution in [0.1, 0.15) is 33.1 Å². The topological polar surface area (TPSA) is 23.5 Å². The molecule has 0 radical (unpaired) electrons. The lowest BCUT2D eigenvalue weighted by atomic mass is 10.0. The van der Waals surface area contributed by atoms with Gasteiger partial charge in [0.2, 0.25) is 0 Å². The number of aliphatic hydroxyl groups is 1. The summed E-state index contributed by atoms with van der Waals surface area (Å²) < 4.78 is 0. The molecule has 0 aromatic heterocycles. The average Bonchev–Trinajstić information content (AvgIpc) is 2.75. The number of rotatable bonds is 3. The number of hydrogen-bond donors (Lipinski definition) is 1. The Bertz CT molecular complexity index is 177. The zero-order valence-electron chi connectivity index (χ0n) is 8.74. The second-order valence-electron chi connectivity index (χ2n) is 5.10. The molecule has 0 unspecified atom stereocenters. The lowest BCUT2D eigenvalue weighted by Gasteiger charge is -2.26. The molecule has 0 aromatic rings. The molecule has 76 valence electrons. The fraction of sp³-hybridized carbons (Fsp3) is 1.00. The molecule has 0 spiro atoms. The molecule has 2 heteroatoms. The molecule has 2 fully saturated rings. The van der Waals surface area contributed by atoms with Crippen LogP contribution in [0.4, 0.5) is 0 Å². The van der Waals surface area contributed by atoms with Crippen molar-refractivity contribution in [1.29, 1.82) is 0 Å². The van der Waals surface area contributed by atoms with Crippen molar-refractivity contribution >= 4 is 0 Å². The van der Waals surface area contributed by atoms with Gasteiger partial charge in [-0.15, -0.1) is 0 Å². The minimum atomic E-state index is -0.0638. The molecule has 2 aliphatic rings. The molecule has 0 amide bonds. The minimum absolute atomic E-state index is 0.0638. The summed E-state index contributed by atoms with van der Waals surface area (Å²) in [6.45, 7) is 6.68. The van der Waals surface area contributed by atoms with Crippen LogP contribution in [0.5, 0.6) is 0 Å². The summed E-state index contributed by atoms with van der Waals surface area (Å²) >= 11 is 0. The van der Waals surface area contributed by atoms with E-state index in [1.165, 1.54) is 19.4 Å². The Balaban J connectivity index is 1.90. The fourth-order valence-electron chi connectivity index (χ4n) is 2.44. The maximum Gasteiger partial charge on any atom is 0.0682 e. The van der Waals surface area contributed by atoms with Gasteiger partial charge >= 0.3 is 0 Å². The molecule has 1 heterocycles. The van der Waals surface area contributed by atoms with E-state index in [0.717, 1.165) is 18.9 Å². The lowest BCUT2D eigenvalue weighted by molar-refractivity contribution is 0.169. The zero-order valence-corrected chi connectivity index (χ0v) is 8.74. The summed E-state index contributed by atoms with van der Waals surface area (Å²) in [5.41, 5.74) is 0. The fourth-order valence-corrected chi connectivity index (χ4v) is 2.44. The van der Waals surface area contributed by atoms with E-state index in [9.17, 15) is 5.11 Å². The number of hydrogen-bond acceptors (Lipinski definition) is 2. The Labute approximate surface area is 80.9 Å². The minimum Gasteiger partial charge on any atom is -0.392 e. The number of aliphatic hydroxyl groups excluding tert-OH is 1. The Morgan fingerprint density at radius 1 is 1.38 bits per heavy atom. The van der Waals surface area contributed by atoms with Gasteiger partial charge in [0.05, 0.1) is 6.10 Å². The van der Waals surface area contributed by atoms with Gasteiger partial charge in [0.1, 0.15) is 0 Å². The van der Waals surface area contributed by atoms with Crippen molar-refractivity contribution in [3.63, 3.8) is 0 Å². The highest BCUT2D eigenvalue weighted by Gasteiger charge is 2.35. The van der Waals surface area contributed by atoms with E-state index in [0.29, 0.717) is 12.0 Å². The van der Waals surface area contributed by atoms with Gasteiger partial charge in [-0.3, -0.25) is 4.90 Å². The smallest absolute Gasteiger partial charge is 0.0682 e. The van der Waals surface area contributed by atoms with Crippen LogP contribution >= 0.6 is 0 Å². The first-order valence-corrected chi connectivity index (χ1v) is 5.59. The van der Waals surface area contributed by atoms with E-state index < -0.39 is 0 Å². The first-order valence-electron chi connectivity index (χ1n) is 5.59. The molecule has 2 nitrogen and oxygen atoms in total. The van der Waals surface area contributed by atoms with Crippen molar-refractivity contribution in [3.05, 3.63) is 0 Å². The van der Waals surface area contributed by atoms with Crippen molar-refractivity contribution in [2.45, 2.75) is 45.3 Å². The summed E-state index contributed by atoms with van der Waals surface area (Å²) in [7, 11) is 0. The highest BCUT2D eigenvalue weighted by atomic mass is 16.3. The number of nitrogens with zero attached hydrogens (tertiary/aromatic N) is 1. The molecule has 1 aliphatic carbocycles. The second kappa shape index (κ2) is 3.58. The molecule has 0 aromatic carbocycles. The largest absolute Gasteiger partial charge is 0.392 e. The summed E-state index contributed by atoms with van der Waals surface area (Å²) in [6, 6.07) is 0.635. The summed E-state index contributed by atoms with van der Waals surface area (Å²) in [4.78, 5) is 2.51. The van der Waals surface area contributed by atoms with Gasteiger partial charge < -0.3 is 5.11 Å². The van der Waals surface area contributed by atoms with Gasteiger partial charge in [-0.25, -0.2) is 0 Å². The highest BCUT2D eigenvalue weighted by Crippen LogP contribution is 2.33.